The Morgan fingerprint density at radius 2 is 1.21 bits per heavy atom. The van der Waals surface area contributed by atoms with E-state index >= 15 is 0 Å². The molecule has 14 nitrogen and oxygen atoms in total. The number of rotatable bonds is 14. The maximum absolute atomic E-state index is 13.9. The Balaban J connectivity index is 1.17. The third-order valence-corrected chi connectivity index (χ3v) is 10.4. The lowest BCUT2D eigenvalue weighted by molar-refractivity contribution is -0.137. The molecule has 61 heavy (non-hydrogen) atoms. The van der Waals surface area contributed by atoms with Crippen LogP contribution in [0.1, 0.15) is 76.0 Å². The first-order chi connectivity index (χ1) is 29.6. The molecule has 2 aliphatic heterocycles. The van der Waals surface area contributed by atoms with Gasteiger partial charge in [-0.1, -0.05) is 60.4 Å². The fraction of sp³-hybridized carbons (Fsp3) is 0.362. The molecule has 2 saturated heterocycles. The fourth-order valence-electron chi connectivity index (χ4n) is 7.37. The number of hydrogen-bond acceptors (Lipinski definition) is 8. The van der Waals surface area contributed by atoms with Gasteiger partial charge in [0.2, 0.25) is 17.7 Å². The van der Waals surface area contributed by atoms with Gasteiger partial charge in [0.05, 0.1) is 19.1 Å². The molecular weight excluding hydrogens is 777 g/mol. The zero-order valence-corrected chi connectivity index (χ0v) is 35.1. The summed E-state index contributed by atoms with van der Waals surface area (Å²) in [6.45, 7) is 8.18. The van der Waals surface area contributed by atoms with Crippen molar-refractivity contribution < 1.29 is 38.2 Å². The summed E-state index contributed by atoms with van der Waals surface area (Å²) < 4.78 is 10.0. The predicted molar refractivity (Wildman–Crippen MR) is 232 cm³/mol. The molecule has 320 valence electrons. The average Bonchev–Trinajstić information content (AvgIpc) is 3.97. The van der Waals surface area contributed by atoms with Crippen LogP contribution in [0.5, 0.6) is 0 Å². The molecule has 4 N–H and O–H groups in total. The highest BCUT2D eigenvalue weighted by Crippen LogP contribution is 2.27. The predicted octanol–water partition coefficient (Wildman–Crippen LogP) is 6.11. The second kappa shape index (κ2) is 22.5. The fourth-order valence-corrected chi connectivity index (χ4v) is 7.37. The largest absolute Gasteiger partial charge is 0.450 e. The molecule has 2 heterocycles. The molecule has 14 heteroatoms. The van der Waals surface area contributed by atoms with Crippen LogP contribution in [0.4, 0.5) is 21.0 Å². The van der Waals surface area contributed by atoms with Crippen LogP contribution in [0, 0.1) is 11.8 Å². The van der Waals surface area contributed by atoms with Crippen LogP contribution in [0.2, 0.25) is 0 Å². The van der Waals surface area contributed by atoms with Crippen molar-refractivity contribution in [1.29, 1.82) is 0 Å². The Bertz CT molecular complexity index is 2140. The van der Waals surface area contributed by atoms with Gasteiger partial charge in [0.1, 0.15) is 18.1 Å². The molecule has 3 aromatic rings. The number of hydrogen-bond donors (Lipinski definition) is 4. The van der Waals surface area contributed by atoms with Gasteiger partial charge in [0.15, 0.2) is 0 Å². The van der Waals surface area contributed by atoms with Gasteiger partial charge in [-0.05, 0) is 113 Å². The summed E-state index contributed by atoms with van der Waals surface area (Å²) in [6.07, 6.45) is 6.26. The van der Waals surface area contributed by atoms with E-state index in [1.54, 1.807) is 92.4 Å². The summed E-state index contributed by atoms with van der Waals surface area (Å²) in [7, 11) is 0. The van der Waals surface area contributed by atoms with Gasteiger partial charge in [-0.3, -0.25) is 19.2 Å². The van der Waals surface area contributed by atoms with Crippen molar-refractivity contribution in [3.8, 4) is 11.8 Å². The van der Waals surface area contributed by atoms with Crippen LogP contribution in [-0.4, -0.2) is 96.6 Å². The highest BCUT2D eigenvalue weighted by molar-refractivity contribution is 6.00. The maximum Gasteiger partial charge on any atom is 0.408 e. The molecule has 0 radical (unpaired) electrons. The van der Waals surface area contributed by atoms with Crippen LogP contribution in [0.15, 0.2) is 103 Å². The number of benzene rings is 3. The number of nitrogens with one attached hydrogen (secondary N) is 4. The number of alkyl carbamates (subject to hydrolysis) is 2. The first-order valence-corrected chi connectivity index (χ1v) is 20.7. The highest BCUT2D eigenvalue weighted by Gasteiger charge is 2.39. The van der Waals surface area contributed by atoms with Gasteiger partial charge >= 0.3 is 12.2 Å². The lowest BCUT2D eigenvalue weighted by atomic mass is 9.97. The van der Waals surface area contributed by atoms with E-state index in [9.17, 15) is 28.8 Å². The number of nitrogens with zero attached hydrogens (tertiary/aromatic N) is 2. The van der Waals surface area contributed by atoms with Gasteiger partial charge in [-0.15, -0.1) is 0 Å². The Kier molecular flexibility index (Phi) is 16.7. The van der Waals surface area contributed by atoms with Crippen LogP contribution in [-0.2, 0) is 28.7 Å². The topological polar surface area (TPSA) is 175 Å². The summed E-state index contributed by atoms with van der Waals surface area (Å²) in [6, 6.07) is 20.9. The minimum atomic E-state index is -1.00. The summed E-state index contributed by atoms with van der Waals surface area (Å²) in [5.74, 6) is 4.30. The van der Waals surface area contributed by atoms with E-state index in [4.69, 9.17) is 9.47 Å². The third-order valence-electron chi connectivity index (χ3n) is 10.4. The number of amides is 6. The second-order valence-corrected chi connectivity index (χ2v) is 14.4. The molecular formula is C47H54N6O8. The molecule has 2 aliphatic rings. The van der Waals surface area contributed by atoms with E-state index in [2.05, 4.69) is 33.1 Å². The van der Waals surface area contributed by atoms with E-state index in [0.29, 0.717) is 66.8 Å². The molecule has 0 bridgehead atoms. The number of likely N-dealkylation sites (tertiary alicyclic amines) is 2. The van der Waals surface area contributed by atoms with Crippen LogP contribution < -0.4 is 21.3 Å². The standard InChI is InChI=1S/C47H54N6O8/c1-5-14-34(6-2)41(51-47(59)61-8-4)45(57)53-30-13-18-40(53)43(55)50-37-27-23-33(24-28-37)20-19-32-21-25-36(26-22-32)49-42(54)39-17-12-29-52(39)44(56)38(31-48-46(58)60-7-3)35-15-10-9-11-16-35/h5-6,9-11,14-16,21-28,38-41H,7-8,12-13,17-18,29-31H2,1-4H3,(H,48,58)(H,49,54)(H,50,55)(H,51,59)/b14-5-,34-6+/t38-,39+,40+,41-/m1/s1. The zero-order valence-electron chi connectivity index (χ0n) is 35.1. The first-order valence-electron chi connectivity index (χ1n) is 20.7. The Hall–Kier alpha value is -6.88. The smallest absolute Gasteiger partial charge is 0.408 e. The van der Waals surface area contributed by atoms with Gasteiger partial charge < -0.3 is 40.5 Å². The van der Waals surface area contributed by atoms with E-state index < -0.39 is 36.2 Å². The Labute approximate surface area is 357 Å². The quantitative estimate of drug-likeness (QED) is 0.111. The molecule has 0 spiro atoms. The van der Waals surface area contributed by atoms with Crippen molar-refractivity contribution in [2.45, 2.75) is 77.4 Å². The SMILES string of the molecule is C/C=C\C(=C/C)[C@@H](NC(=O)OCC)C(=O)N1CCC[C@H]1C(=O)Nc1ccc(C#Cc2ccc(NC(=O)[C@@H]3CCCN3C(=O)[C@H](CNC(=O)OCC)c3ccccc3)cc2)cc1. The van der Waals surface area contributed by atoms with Crippen LogP contribution >= 0.6 is 0 Å². The van der Waals surface area contributed by atoms with Crippen molar-refractivity contribution in [3.63, 3.8) is 0 Å². The molecule has 6 amide bonds. The van der Waals surface area contributed by atoms with E-state index in [-0.39, 0.29) is 43.4 Å². The van der Waals surface area contributed by atoms with Crippen LogP contribution in [0.25, 0.3) is 0 Å². The summed E-state index contributed by atoms with van der Waals surface area (Å²) in [5.41, 5.74) is 3.85. The van der Waals surface area contributed by atoms with E-state index in [0.717, 1.165) is 5.56 Å². The van der Waals surface area contributed by atoms with Gasteiger partial charge in [0.25, 0.3) is 5.91 Å². The highest BCUT2D eigenvalue weighted by atomic mass is 16.6. The lowest BCUT2D eigenvalue weighted by Gasteiger charge is -2.29. The molecule has 0 saturated carbocycles. The molecule has 5 rings (SSSR count). The Morgan fingerprint density at radius 3 is 1.70 bits per heavy atom. The van der Waals surface area contributed by atoms with E-state index in [1.807, 2.05) is 37.3 Å². The number of carbonyl (C=O) groups is 6. The molecule has 4 atom stereocenters. The molecule has 0 aliphatic carbocycles. The molecule has 0 aromatic heterocycles. The summed E-state index contributed by atoms with van der Waals surface area (Å²) in [5, 5.41) is 11.2. The van der Waals surface area contributed by atoms with Crippen molar-refractivity contribution in [1.82, 2.24) is 20.4 Å². The van der Waals surface area contributed by atoms with E-state index in [1.165, 1.54) is 4.90 Å². The minimum absolute atomic E-state index is 0.0363. The number of anilines is 2. The summed E-state index contributed by atoms with van der Waals surface area (Å²) in [4.78, 5) is 82.1. The van der Waals surface area contributed by atoms with Gasteiger partial charge in [-0.25, -0.2) is 9.59 Å². The minimum Gasteiger partial charge on any atom is -0.450 e. The number of allylic oxidation sites excluding steroid dienone is 2. The third kappa shape index (κ3) is 12.3. The lowest BCUT2D eigenvalue weighted by Crippen LogP contribution is -2.53. The normalized spacial score (nSPS) is 17.1. The maximum atomic E-state index is 13.9. The van der Waals surface area contributed by atoms with Crippen molar-refractivity contribution in [2.24, 2.45) is 0 Å². The monoisotopic (exact) mass is 830 g/mol. The number of carbonyl (C=O) groups excluding carboxylic acids is 6. The zero-order chi connectivity index (χ0) is 43.7. The van der Waals surface area contributed by atoms with Crippen LogP contribution in [0.3, 0.4) is 0 Å². The molecule has 2 fully saturated rings. The van der Waals surface area contributed by atoms with Crippen molar-refractivity contribution >= 4 is 47.2 Å². The molecule has 3 aromatic carbocycles. The average molecular weight is 831 g/mol. The Morgan fingerprint density at radius 1 is 0.705 bits per heavy atom. The van der Waals surface area contributed by atoms with Gasteiger partial charge in [-0.2, -0.15) is 0 Å². The van der Waals surface area contributed by atoms with Crippen molar-refractivity contribution in [2.75, 3.05) is 43.5 Å². The second-order valence-electron chi connectivity index (χ2n) is 14.4. The molecule has 0 unspecified atom stereocenters. The summed E-state index contributed by atoms with van der Waals surface area (Å²) >= 11 is 0. The van der Waals surface area contributed by atoms with Crippen molar-refractivity contribution in [3.05, 3.63) is 119 Å². The van der Waals surface area contributed by atoms with Gasteiger partial charge in [0, 0.05) is 42.1 Å². The first kappa shape index (κ1) is 45.2. The number of ether oxygens (including phenoxy) is 2.